The van der Waals surface area contributed by atoms with E-state index in [-0.39, 0.29) is 24.3 Å². The lowest BCUT2D eigenvalue weighted by Gasteiger charge is -2.21. The van der Waals surface area contributed by atoms with Gasteiger partial charge in [0.1, 0.15) is 18.4 Å². The topological polar surface area (TPSA) is 116 Å². The second kappa shape index (κ2) is 12.6. The van der Waals surface area contributed by atoms with E-state index < -0.39 is 6.04 Å². The summed E-state index contributed by atoms with van der Waals surface area (Å²) in [5.74, 6) is 0.294. The number of carbonyl (C=O) groups is 2. The van der Waals surface area contributed by atoms with Crippen LogP contribution in [0, 0.1) is 11.3 Å². The summed E-state index contributed by atoms with van der Waals surface area (Å²) >= 11 is 0. The summed E-state index contributed by atoms with van der Waals surface area (Å²) in [7, 11) is 3.41. The zero-order valence-electron chi connectivity index (χ0n) is 22.2. The van der Waals surface area contributed by atoms with Crippen LogP contribution in [0.2, 0.25) is 0 Å². The molecule has 2 atom stereocenters. The molecule has 2 aromatic carbocycles. The number of amides is 2. The van der Waals surface area contributed by atoms with Crippen LogP contribution in [0.3, 0.4) is 0 Å². The van der Waals surface area contributed by atoms with Crippen molar-refractivity contribution in [1.82, 2.24) is 25.0 Å². The number of carbonyl (C=O) groups excluding carboxylic acids is 2. The van der Waals surface area contributed by atoms with Gasteiger partial charge in [0.05, 0.1) is 17.8 Å². The zero-order valence-corrected chi connectivity index (χ0v) is 22.2. The van der Waals surface area contributed by atoms with E-state index in [1.165, 1.54) is 4.90 Å². The van der Waals surface area contributed by atoms with E-state index in [0.29, 0.717) is 17.9 Å². The fourth-order valence-corrected chi connectivity index (χ4v) is 4.02. The minimum atomic E-state index is -0.582. The van der Waals surface area contributed by atoms with Crippen molar-refractivity contribution in [3.63, 3.8) is 0 Å². The van der Waals surface area contributed by atoms with Crippen LogP contribution in [-0.4, -0.2) is 52.1 Å². The van der Waals surface area contributed by atoms with Crippen molar-refractivity contribution in [2.24, 2.45) is 0 Å². The number of likely N-dealkylation sites (N-methyl/N-ethyl adjacent to an activating group) is 1. The molecular formula is C30H31N7O2. The van der Waals surface area contributed by atoms with Gasteiger partial charge in [0, 0.05) is 44.2 Å². The molecule has 0 aliphatic heterocycles. The van der Waals surface area contributed by atoms with Crippen molar-refractivity contribution in [2.45, 2.75) is 25.4 Å². The molecule has 0 saturated heterocycles. The maximum atomic E-state index is 13.4. The summed E-state index contributed by atoms with van der Waals surface area (Å²) in [6.45, 7) is 2.80. The lowest BCUT2D eigenvalue weighted by molar-refractivity contribution is -0.129. The van der Waals surface area contributed by atoms with Crippen LogP contribution >= 0.6 is 0 Å². The highest BCUT2D eigenvalue weighted by atomic mass is 16.2. The molecule has 2 amide bonds. The number of rotatable bonds is 10. The van der Waals surface area contributed by atoms with E-state index in [2.05, 4.69) is 33.7 Å². The van der Waals surface area contributed by atoms with E-state index >= 15 is 0 Å². The molecule has 9 nitrogen and oxygen atoms in total. The Labute approximate surface area is 228 Å². The SMILES string of the molecule is C[C@@H](CNC(C(=O)Nc1ccc(-c2cnn(CC(=O)N(C)C)c2)cn1)c1ccccc1)c1ccc(C#N)cc1. The highest BCUT2D eigenvalue weighted by Gasteiger charge is 2.22. The molecule has 0 radical (unpaired) electrons. The van der Waals surface area contributed by atoms with E-state index in [9.17, 15) is 9.59 Å². The Bertz CT molecular complexity index is 1440. The fraction of sp³-hybridized carbons (Fsp3) is 0.233. The van der Waals surface area contributed by atoms with Crippen LogP contribution in [0.5, 0.6) is 0 Å². The molecule has 198 valence electrons. The first kappa shape index (κ1) is 27.2. The molecule has 0 fully saturated rings. The number of nitrogens with zero attached hydrogens (tertiary/aromatic N) is 5. The molecule has 4 rings (SSSR count). The first-order valence-corrected chi connectivity index (χ1v) is 12.6. The Morgan fingerprint density at radius 2 is 1.72 bits per heavy atom. The highest BCUT2D eigenvalue weighted by Crippen LogP contribution is 2.22. The van der Waals surface area contributed by atoms with Crippen molar-refractivity contribution >= 4 is 17.6 Å². The standard InChI is InChI=1S/C30H31N7O2/c1-21(23-11-9-22(15-31)10-12-23)16-33-29(24-7-5-4-6-8-24)30(39)35-27-14-13-25(17-32-27)26-18-34-37(19-26)20-28(38)36(2)3/h4-14,17-19,21,29,33H,16,20H2,1-3H3,(H,32,35,39)/t21-,29?/m0/s1. The summed E-state index contributed by atoms with van der Waals surface area (Å²) in [6, 6.07) is 22.2. The molecular weight excluding hydrogens is 490 g/mol. The quantitative estimate of drug-likeness (QED) is 0.326. The number of anilines is 1. The molecule has 2 N–H and O–H groups in total. The minimum Gasteiger partial charge on any atom is -0.347 e. The molecule has 1 unspecified atom stereocenters. The summed E-state index contributed by atoms with van der Waals surface area (Å²) in [5.41, 5.74) is 4.20. The van der Waals surface area contributed by atoms with Crippen molar-refractivity contribution < 1.29 is 9.59 Å². The molecule has 9 heteroatoms. The largest absolute Gasteiger partial charge is 0.347 e. The van der Waals surface area contributed by atoms with Gasteiger partial charge in [0.25, 0.3) is 0 Å². The molecule has 0 aliphatic rings. The van der Waals surface area contributed by atoms with Crippen molar-refractivity contribution in [3.8, 4) is 17.2 Å². The summed E-state index contributed by atoms with van der Waals surface area (Å²) in [5, 5.41) is 19.6. The summed E-state index contributed by atoms with van der Waals surface area (Å²) in [6.07, 6.45) is 5.15. The predicted molar refractivity (Wildman–Crippen MR) is 150 cm³/mol. The number of hydrogen-bond donors (Lipinski definition) is 2. The fourth-order valence-electron chi connectivity index (χ4n) is 4.02. The molecule has 0 aliphatic carbocycles. The first-order valence-electron chi connectivity index (χ1n) is 12.6. The smallest absolute Gasteiger partial charge is 0.247 e. The van der Waals surface area contributed by atoms with Crippen molar-refractivity contribution in [2.75, 3.05) is 26.0 Å². The van der Waals surface area contributed by atoms with Crippen LogP contribution in [-0.2, 0) is 16.1 Å². The van der Waals surface area contributed by atoms with Gasteiger partial charge in [-0.3, -0.25) is 14.3 Å². The number of benzene rings is 2. The summed E-state index contributed by atoms with van der Waals surface area (Å²) in [4.78, 5) is 31.3. The molecule has 4 aromatic rings. The third-order valence-corrected chi connectivity index (χ3v) is 6.41. The van der Waals surface area contributed by atoms with Gasteiger partial charge in [0.15, 0.2) is 0 Å². The van der Waals surface area contributed by atoms with Crippen LogP contribution in [0.4, 0.5) is 5.82 Å². The zero-order chi connectivity index (χ0) is 27.8. The molecule has 2 heterocycles. The Hall–Kier alpha value is -4.81. The third-order valence-electron chi connectivity index (χ3n) is 6.41. The number of nitrogens with one attached hydrogen (secondary N) is 2. The Balaban J connectivity index is 1.42. The van der Waals surface area contributed by atoms with Gasteiger partial charge in [-0.1, -0.05) is 49.4 Å². The average molecular weight is 522 g/mol. The van der Waals surface area contributed by atoms with E-state index in [4.69, 9.17) is 5.26 Å². The second-order valence-electron chi connectivity index (χ2n) is 9.52. The van der Waals surface area contributed by atoms with Crippen LogP contribution in [0.1, 0.15) is 35.6 Å². The minimum absolute atomic E-state index is 0.0475. The average Bonchev–Trinajstić information content (AvgIpc) is 3.42. The lowest BCUT2D eigenvalue weighted by atomic mass is 9.98. The Morgan fingerprint density at radius 3 is 2.36 bits per heavy atom. The van der Waals surface area contributed by atoms with Crippen molar-refractivity contribution in [1.29, 1.82) is 5.26 Å². The van der Waals surface area contributed by atoms with Gasteiger partial charge >= 0.3 is 0 Å². The number of aromatic nitrogens is 3. The first-order chi connectivity index (χ1) is 18.8. The van der Waals surface area contributed by atoms with Crippen LogP contribution < -0.4 is 10.6 Å². The molecule has 0 spiro atoms. The normalized spacial score (nSPS) is 12.3. The van der Waals surface area contributed by atoms with Gasteiger partial charge in [0.2, 0.25) is 11.8 Å². The van der Waals surface area contributed by atoms with E-state index in [1.807, 2.05) is 48.5 Å². The van der Waals surface area contributed by atoms with E-state index in [1.54, 1.807) is 55.6 Å². The molecule has 0 saturated carbocycles. The van der Waals surface area contributed by atoms with Gasteiger partial charge in [-0.15, -0.1) is 0 Å². The molecule has 0 bridgehead atoms. The molecule has 2 aromatic heterocycles. The predicted octanol–water partition coefficient (Wildman–Crippen LogP) is 3.98. The third kappa shape index (κ3) is 7.15. The van der Waals surface area contributed by atoms with Crippen LogP contribution in [0.15, 0.2) is 85.3 Å². The van der Waals surface area contributed by atoms with Gasteiger partial charge in [-0.05, 0) is 41.3 Å². The van der Waals surface area contributed by atoms with E-state index in [0.717, 1.165) is 22.3 Å². The number of hydrogen-bond acceptors (Lipinski definition) is 6. The Kier molecular flexibility index (Phi) is 8.82. The lowest BCUT2D eigenvalue weighted by Crippen LogP contribution is -2.35. The second-order valence-corrected chi connectivity index (χ2v) is 9.52. The highest BCUT2D eigenvalue weighted by molar-refractivity contribution is 5.95. The maximum Gasteiger partial charge on any atom is 0.247 e. The van der Waals surface area contributed by atoms with Gasteiger partial charge in [-0.25, -0.2) is 4.98 Å². The number of nitriles is 1. The summed E-state index contributed by atoms with van der Waals surface area (Å²) < 4.78 is 1.59. The number of pyridine rings is 1. The van der Waals surface area contributed by atoms with Gasteiger partial charge < -0.3 is 15.5 Å². The van der Waals surface area contributed by atoms with Crippen LogP contribution in [0.25, 0.3) is 11.1 Å². The molecule has 39 heavy (non-hydrogen) atoms. The Morgan fingerprint density at radius 1 is 0.974 bits per heavy atom. The van der Waals surface area contributed by atoms with Crippen molar-refractivity contribution in [3.05, 3.63) is 102 Å². The van der Waals surface area contributed by atoms with Gasteiger partial charge in [-0.2, -0.15) is 10.4 Å². The monoisotopic (exact) mass is 521 g/mol. The maximum absolute atomic E-state index is 13.4.